The first-order chi connectivity index (χ1) is 12.6. The number of carbonyl (C=O) groups excluding carboxylic acids is 1. The largest absolute Gasteiger partial charge is 0.484 e. The van der Waals surface area contributed by atoms with Crippen molar-refractivity contribution in [2.75, 3.05) is 0 Å². The van der Waals surface area contributed by atoms with Crippen molar-refractivity contribution in [2.45, 2.75) is 26.0 Å². The zero-order valence-corrected chi connectivity index (χ0v) is 14.3. The van der Waals surface area contributed by atoms with Gasteiger partial charge in [-0.2, -0.15) is 5.10 Å². The first kappa shape index (κ1) is 17.6. The van der Waals surface area contributed by atoms with Gasteiger partial charge < -0.3 is 14.5 Å². The molecule has 1 N–H and O–H groups in total. The van der Waals surface area contributed by atoms with Crippen molar-refractivity contribution < 1.29 is 18.3 Å². The number of ether oxygens (including phenoxy) is 1. The Bertz CT molecular complexity index is 875. The van der Waals surface area contributed by atoms with Crippen LogP contribution in [0.2, 0.25) is 0 Å². The fraction of sp³-hybridized carbons (Fsp3) is 0.294. The van der Waals surface area contributed by atoms with Crippen LogP contribution in [0.4, 0.5) is 4.39 Å². The van der Waals surface area contributed by atoms with E-state index in [4.69, 9.17) is 9.15 Å². The number of amides is 1. The molecule has 9 heteroatoms. The van der Waals surface area contributed by atoms with Crippen LogP contribution in [0, 0.1) is 5.82 Å². The van der Waals surface area contributed by atoms with Crippen molar-refractivity contribution in [3.8, 4) is 5.75 Å². The van der Waals surface area contributed by atoms with E-state index in [0.717, 1.165) is 0 Å². The number of hydrogen-bond acceptors (Lipinski definition) is 6. The number of nitrogens with one attached hydrogen (secondary N) is 1. The lowest BCUT2D eigenvalue weighted by Gasteiger charge is -2.14. The lowest BCUT2D eigenvalue weighted by Crippen LogP contribution is -2.30. The maximum absolute atomic E-state index is 12.9. The van der Waals surface area contributed by atoms with Gasteiger partial charge in [-0.1, -0.05) is 6.92 Å². The number of aromatic nitrogens is 4. The fourth-order valence-electron chi connectivity index (χ4n) is 2.36. The van der Waals surface area contributed by atoms with Gasteiger partial charge in [-0.25, -0.2) is 14.4 Å². The zero-order chi connectivity index (χ0) is 18.5. The minimum Gasteiger partial charge on any atom is -0.484 e. The second-order valence-corrected chi connectivity index (χ2v) is 5.55. The Kier molecular flexibility index (Phi) is 5.26. The molecular weight excluding hydrogens is 341 g/mol. The van der Waals surface area contributed by atoms with E-state index in [9.17, 15) is 9.18 Å². The van der Waals surface area contributed by atoms with Gasteiger partial charge in [0.2, 0.25) is 5.89 Å². The molecule has 0 saturated heterocycles. The van der Waals surface area contributed by atoms with Crippen molar-refractivity contribution >= 4 is 5.91 Å². The van der Waals surface area contributed by atoms with E-state index in [1.165, 1.54) is 36.9 Å². The van der Waals surface area contributed by atoms with E-state index in [2.05, 4.69) is 20.4 Å². The highest BCUT2D eigenvalue weighted by Crippen LogP contribution is 2.15. The van der Waals surface area contributed by atoms with E-state index >= 15 is 0 Å². The van der Waals surface area contributed by atoms with Crippen molar-refractivity contribution in [1.29, 1.82) is 0 Å². The lowest BCUT2D eigenvalue weighted by molar-refractivity contribution is 0.0928. The summed E-state index contributed by atoms with van der Waals surface area (Å²) in [7, 11) is 1.76. The van der Waals surface area contributed by atoms with Crippen LogP contribution >= 0.6 is 0 Å². The summed E-state index contributed by atoms with van der Waals surface area (Å²) < 4.78 is 25.2. The smallest absolute Gasteiger partial charge is 0.273 e. The highest BCUT2D eigenvalue weighted by atomic mass is 19.1. The molecule has 8 nitrogen and oxygen atoms in total. The Balaban J connectivity index is 1.60. The van der Waals surface area contributed by atoms with Crippen LogP contribution in [0.3, 0.4) is 0 Å². The Hall–Kier alpha value is -3.23. The third-order valence-electron chi connectivity index (χ3n) is 3.73. The number of rotatable bonds is 7. The van der Waals surface area contributed by atoms with Crippen molar-refractivity contribution in [3.63, 3.8) is 0 Å². The third-order valence-corrected chi connectivity index (χ3v) is 3.73. The maximum atomic E-state index is 12.9. The molecule has 2 heterocycles. The van der Waals surface area contributed by atoms with Gasteiger partial charge in [0.05, 0.1) is 6.04 Å². The standard InChI is InChI=1S/C17H18FN5O3/c1-3-13(16-19-10-20-23(16)2)22-17(24)14-8-26-15(21-14)9-25-12-6-4-11(18)5-7-12/h4-8,10,13H,3,9H2,1-2H3,(H,22,24). The van der Waals surface area contributed by atoms with Gasteiger partial charge in [0.1, 0.15) is 30.0 Å². The van der Waals surface area contributed by atoms with E-state index in [1.54, 1.807) is 11.7 Å². The van der Waals surface area contributed by atoms with E-state index < -0.39 is 0 Å². The molecule has 0 radical (unpaired) electrons. The van der Waals surface area contributed by atoms with Crippen LogP contribution in [0.25, 0.3) is 0 Å². The van der Waals surface area contributed by atoms with Gasteiger partial charge in [-0.15, -0.1) is 0 Å². The number of halogens is 1. The van der Waals surface area contributed by atoms with Gasteiger partial charge >= 0.3 is 0 Å². The molecule has 0 aliphatic rings. The minimum atomic E-state index is -0.378. The van der Waals surface area contributed by atoms with Gasteiger partial charge in [0, 0.05) is 7.05 Å². The fourth-order valence-corrected chi connectivity index (χ4v) is 2.36. The molecule has 0 aliphatic heterocycles. The predicted molar refractivity (Wildman–Crippen MR) is 88.7 cm³/mol. The highest BCUT2D eigenvalue weighted by molar-refractivity contribution is 5.92. The van der Waals surface area contributed by atoms with Crippen LogP contribution in [0.5, 0.6) is 5.75 Å². The summed E-state index contributed by atoms with van der Waals surface area (Å²) in [4.78, 5) is 20.6. The van der Waals surface area contributed by atoms with Crippen LogP contribution in [-0.4, -0.2) is 25.7 Å². The van der Waals surface area contributed by atoms with Gasteiger partial charge in [-0.3, -0.25) is 9.48 Å². The molecule has 136 valence electrons. The minimum absolute atomic E-state index is 0.0272. The molecular formula is C17H18FN5O3. The Morgan fingerprint density at radius 1 is 1.38 bits per heavy atom. The molecule has 3 aromatic rings. The molecule has 1 atom stereocenters. The Morgan fingerprint density at radius 2 is 2.15 bits per heavy atom. The molecule has 1 aromatic carbocycles. The summed E-state index contributed by atoms with van der Waals surface area (Å²) in [6.07, 6.45) is 3.35. The molecule has 0 spiro atoms. The summed E-state index contributed by atoms with van der Waals surface area (Å²) in [5.74, 6) is 0.650. The average molecular weight is 359 g/mol. The Morgan fingerprint density at radius 3 is 2.81 bits per heavy atom. The first-order valence-electron chi connectivity index (χ1n) is 8.04. The number of aryl methyl sites for hydroxylation is 1. The van der Waals surface area contributed by atoms with Crippen LogP contribution < -0.4 is 10.1 Å². The van der Waals surface area contributed by atoms with Gasteiger partial charge in [0.25, 0.3) is 5.91 Å². The maximum Gasteiger partial charge on any atom is 0.273 e. The van der Waals surface area contributed by atoms with E-state index in [-0.39, 0.29) is 36.0 Å². The monoisotopic (exact) mass is 359 g/mol. The summed E-state index contributed by atoms with van der Waals surface area (Å²) in [5, 5.41) is 6.86. The number of nitrogens with zero attached hydrogens (tertiary/aromatic N) is 4. The molecule has 0 aliphatic carbocycles. The molecule has 1 unspecified atom stereocenters. The SMILES string of the molecule is CCC(NC(=O)c1coc(COc2ccc(F)cc2)n1)c1ncnn1C. The van der Waals surface area contributed by atoms with Crippen molar-refractivity contribution in [2.24, 2.45) is 7.05 Å². The van der Waals surface area contributed by atoms with Gasteiger partial charge in [0.15, 0.2) is 12.3 Å². The second-order valence-electron chi connectivity index (χ2n) is 5.55. The molecule has 0 saturated carbocycles. The summed E-state index contributed by atoms with van der Waals surface area (Å²) in [6, 6.07) is 5.30. The molecule has 3 rings (SSSR count). The molecule has 26 heavy (non-hydrogen) atoms. The highest BCUT2D eigenvalue weighted by Gasteiger charge is 2.20. The molecule has 0 fully saturated rings. The second kappa shape index (κ2) is 7.77. The van der Waals surface area contributed by atoms with E-state index in [1.807, 2.05) is 6.92 Å². The first-order valence-corrected chi connectivity index (χ1v) is 8.04. The van der Waals surface area contributed by atoms with E-state index in [0.29, 0.717) is 18.0 Å². The number of carbonyl (C=O) groups is 1. The molecule has 1 amide bonds. The predicted octanol–water partition coefficient (Wildman–Crippen LogP) is 2.40. The summed E-state index contributed by atoms with van der Waals surface area (Å²) in [5.41, 5.74) is 0.142. The number of hydrogen-bond donors (Lipinski definition) is 1. The van der Waals surface area contributed by atoms with Crippen molar-refractivity contribution in [3.05, 3.63) is 60.1 Å². The van der Waals surface area contributed by atoms with Gasteiger partial charge in [-0.05, 0) is 30.7 Å². The van der Waals surface area contributed by atoms with Crippen molar-refractivity contribution in [1.82, 2.24) is 25.1 Å². The summed E-state index contributed by atoms with van der Waals surface area (Å²) in [6.45, 7) is 1.96. The normalized spacial score (nSPS) is 12.0. The average Bonchev–Trinajstić information content (AvgIpc) is 3.28. The molecule has 0 bridgehead atoms. The zero-order valence-electron chi connectivity index (χ0n) is 14.3. The van der Waals surface area contributed by atoms with Crippen LogP contribution in [0.1, 0.15) is 41.6 Å². The van der Waals surface area contributed by atoms with Crippen LogP contribution in [0.15, 0.2) is 41.3 Å². The molecule has 2 aromatic heterocycles. The quantitative estimate of drug-likeness (QED) is 0.696. The third kappa shape index (κ3) is 4.05. The summed E-state index contributed by atoms with van der Waals surface area (Å²) >= 11 is 0. The number of oxazole rings is 1. The Labute approximate surface area is 149 Å². The number of benzene rings is 1. The lowest BCUT2D eigenvalue weighted by atomic mass is 10.2. The topological polar surface area (TPSA) is 95.1 Å². The van der Waals surface area contributed by atoms with Crippen LogP contribution in [-0.2, 0) is 13.7 Å².